The van der Waals surface area contributed by atoms with Crippen LogP contribution in [0.1, 0.15) is 6.42 Å². The van der Waals surface area contributed by atoms with Crippen LogP contribution in [0.4, 0.5) is 0 Å². The zero-order chi connectivity index (χ0) is 18.1. The summed E-state index contributed by atoms with van der Waals surface area (Å²) in [6.45, 7) is 2.36. The molecule has 138 valence electrons. The molecular formula is C18H24N6O2. The molecule has 0 aromatic carbocycles. The number of fused-ring (bicyclic) bond motifs is 5. The quantitative estimate of drug-likeness (QED) is 0.320. The summed E-state index contributed by atoms with van der Waals surface area (Å²) in [5, 5.41) is 6.38. The van der Waals surface area contributed by atoms with E-state index in [4.69, 9.17) is 0 Å². The molecule has 3 aliphatic rings. The number of guanidine groups is 1. The number of allylic oxidation sites excluding steroid dienone is 2. The van der Waals surface area contributed by atoms with E-state index in [0.717, 1.165) is 13.0 Å². The lowest BCUT2D eigenvalue weighted by Crippen LogP contribution is -2.44. The molecule has 1 aromatic heterocycles. The van der Waals surface area contributed by atoms with Gasteiger partial charge in [-0.2, -0.15) is 0 Å². The van der Waals surface area contributed by atoms with Crippen LogP contribution in [0.25, 0.3) is 0 Å². The molecule has 1 aromatic rings. The molecule has 26 heavy (non-hydrogen) atoms. The maximum Gasteiger partial charge on any atom is 0.233 e. The molecule has 4 atom stereocenters. The molecule has 0 radical (unpaired) electrons. The highest BCUT2D eigenvalue weighted by Gasteiger charge is 2.58. The minimum Gasteiger partial charge on any atom is -0.355 e. The first kappa shape index (κ1) is 16.8. The van der Waals surface area contributed by atoms with Gasteiger partial charge in [0, 0.05) is 45.6 Å². The lowest BCUT2D eigenvalue weighted by atomic mass is 9.85. The second-order valence-electron chi connectivity index (χ2n) is 7.05. The summed E-state index contributed by atoms with van der Waals surface area (Å²) in [7, 11) is 1.70. The zero-order valence-corrected chi connectivity index (χ0v) is 14.8. The summed E-state index contributed by atoms with van der Waals surface area (Å²) >= 11 is 0. The number of amides is 2. The number of imidazole rings is 1. The minimum absolute atomic E-state index is 0.00158. The van der Waals surface area contributed by atoms with E-state index < -0.39 is 0 Å². The van der Waals surface area contributed by atoms with Crippen molar-refractivity contribution in [3.63, 3.8) is 0 Å². The minimum atomic E-state index is -0.120. The van der Waals surface area contributed by atoms with Crippen molar-refractivity contribution in [2.24, 2.45) is 28.7 Å². The smallest absolute Gasteiger partial charge is 0.233 e. The SMILES string of the molecule is CN=C(NCCN1C(=O)C2C3C=CC(C3)C2C1=O)NCCn1ccnc1. The van der Waals surface area contributed by atoms with Crippen LogP contribution in [0.3, 0.4) is 0 Å². The van der Waals surface area contributed by atoms with Gasteiger partial charge < -0.3 is 15.2 Å². The van der Waals surface area contributed by atoms with Crippen molar-refractivity contribution >= 4 is 17.8 Å². The monoisotopic (exact) mass is 356 g/mol. The Labute approximate surface area is 152 Å². The molecule has 2 N–H and O–H groups in total. The third-order valence-corrected chi connectivity index (χ3v) is 5.63. The van der Waals surface area contributed by atoms with Crippen LogP contribution in [0.15, 0.2) is 35.9 Å². The van der Waals surface area contributed by atoms with Crippen molar-refractivity contribution in [3.05, 3.63) is 30.9 Å². The number of likely N-dealkylation sites (tertiary alicyclic amines) is 1. The van der Waals surface area contributed by atoms with Crippen LogP contribution >= 0.6 is 0 Å². The highest BCUT2D eigenvalue weighted by Crippen LogP contribution is 2.52. The number of rotatable bonds is 6. The highest BCUT2D eigenvalue weighted by molar-refractivity contribution is 6.06. The van der Waals surface area contributed by atoms with Crippen LogP contribution in [0, 0.1) is 23.7 Å². The third-order valence-electron chi connectivity index (χ3n) is 5.63. The molecule has 4 unspecified atom stereocenters. The van der Waals surface area contributed by atoms with Gasteiger partial charge >= 0.3 is 0 Å². The molecule has 1 saturated carbocycles. The molecule has 1 saturated heterocycles. The lowest BCUT2D eigenvalue weighted by Gasteiger charge is -2.18. The van der Waals surface area contributed by atoms with Gasteiger partial charge in [0.25, 0.3) is 0 Å². The van der Waals surface area contributed by atoms with Crippen molar-refractivity contribution < 1.29 is 9.59 Å². The van der Waals surface area contributed by atoms with E-state index in [1.54, 1.807) is 19.6 Å². The molecule has 0 spiro atoms. The van der Waals surface area contributed by atoms with E-state index in [0.29, 0.717) is 25.6 Å². The summed E-state index contributed by atoms with van der Waals surface area (Å²) in [6, 6.07) is 0. The van der Waals surface area contributed by atoms with Crippen LogP contribution < -0.4 is 10.6 Å². The molecule has 2 fully saturated rings. The van der Waals surface area contributed by atoms with E-state index in [9.17, 15) is 9.59 Å². The van der Waals surface area contributed by atoms with Gasteiger partial charge in [-0.25, -0.2) is 4.98 Å². The Bertz CT molecular complexity index is 711. The predicted molar refractivity (Wildman–Crippen MR) is 96.0 cm³/mol. The van der Waals surface area contributed by atoms with Crippen molar-refractivity contribution in [1.82, 2.24) is 25.1 Å². The number of carbonyl (C=O) groups is 2. The summed E-state index contributed by atoms with van der Waals surface area (Å²) < 4.78 is 1.98. The summed E-state index contributed by atoms with van der Waals surface area (Å²) in [5.74, 6) is 0.943. The number of hydrogen-bond donors (Lipinski definition) is 2. The Hall–Kier alpha value is -2.64. The van der Waals surface area contributed by atoms with Gasteiger partial charge in [-0.15, -0.1) is 0 Å². The van der Waals surface area contributed by atoms with E-state index in [2.05, 4.69) is 32.8 Å². The second-order valence-corrected chi connectivity index (χ2v) is 7.05. The van der Waals surface area contributed by atoms with Crippen LogP contribution in [-0.4, -0.2) is 58.9 Å². The number of carbonyl (C=O) groups excluding carboxylic acids is 2. The molecule has 2 amide bonds. The van der Waals surface area contributed by atoms with E-state index >= 15 is 0 Å². The van der Waals surface area contributed by atoms with Gasteiger partial charge in [0.15, 0.2) is 5.96 Å². The molecule has 8 nitrogen and oxygen atoms in total. The highest BCUT2D eigenvalue weighted by atomic mass is 16.2. The molecule has 2 bridgehead atoms. The Balaban J connectivity index is 1.24. The molecular weight excluding hydrogens is 332 g/mol. The number of hydrogen-bond acceptors (Lipinski definition) is 4. The summed E-state index contributed by atoms with van der Waals surface area (Å²) in [6.07, 6.45) is 10.6. The summed E-state index contributed by atoms with van der Waals surface area (Å²) in [4.78, 5) is 34.9. The standard InChI is InChI=1S/C18H24N6O2/c1-19-18(21-5-8-23-7-4-20-11-23)22-6-9-24-16(25)14-12-2-3-13(10-12)15(14)17(24)26/h2-4,7,11-15H,5-6,8-10H2,1H3,(H2,19,21,22). The average molecular weight is 356 g/mol. The lowest BCUT2D eigenvalue weighted by molar-refractivity contribution is -0.140. The fourth-order valence-corrected chi connectivity index (χ4v) is 4.41. The molecule has 4 rings (SSSR count). The average Bonchev–Trinajstić information content (AvgIpc) is 3.41. The van der Waals surface area contributed by atoms with E-state index in [1.165, 1.54) is 4.90 Å². The molecule has 2 heterocycles. The van der Waals surface area contributed by atoms with Gasteiger partial charge in [0.2, 0.25) is 11.8 Å². The fourth-order valence-electron chi connectivity index (χ4n) is 4.41. The third kappa shape index (κ3) is 2.89. The van der Waals surface area contributed by atoms with Gasteiger partial charge in [-0.05, 0) is 18.3 Å². The number of imide groups is 1. The number of aliphatic imine (C=N–C) groups is 1. The van der Waals surface area contributed by atoms with Crippen molar-refractivity contribution in [2.45, 2.75) is 13.0 Å². The topological polar surface area (TPSA) is 91.6 Å². The molecule has 2 aliphatic carbocycles. The van der Waals surface area contributed by atoms with Crippen LogP contribution in [-0.2, 0) is 16.1 Å². The van der Waals surface area contributed by atoms with Gasteiger partial charge in [0.05, 0.1) is 18.2 Å². The van der Waals surface area contributed by atoms with Crippen LogP contribution in [0.5, 0.6) is 0 Å². The van der Waals surface area contributed by atoms with Crippen molar-refractivity contribution in [2.75, 3.05) is 26.7 Å². The predicted octanol–water partition coefficient (Wildman–Crippen LogP) is -0.145. The Morgan fingerprint density at radius 2 is 1.81 bits per heavy atom. The first-order chi connectivity index (χ1) is 12.7. The zero-order valence-electron chi connectivity index (χ0n) is 14.8. The van der Waals surface area contributed by atoms with Gasteiger partial charge in [-0.3, -0.25) is 19.5 Å². The van der Waals surface area contributed by atoms with Crippen LogP contribution in [0.2, 0.25) is 0 Å². The largest absolute Gasteiger partial charge is 0.355 e. The molecule has 1 aliphatic heterocycles. The van der Waals surface area contributed by atoms with Crippen molar-refractivity contribution in [3.8, 4) is 0 Å². The first-order valence-electron chi connectivity index (χ1n) is 9.13. The normalized spacial score (nSPS) is 29.6. The maximum atomic E-state index is 12.6. The number of nitrogens with one attached hydrogen (secondary N) is 2. The Morgan fingerprint density at radius 3 is 2.38 bits per heavy atom. The Morgan fingerprint density at radius 1 is 1.15 bits per heavy atom. The second kappa shape index (κ2) is 6.93. The van der Waals surface area contributed by atoms with E-state index in [-0.39, 0.29) is 35.5 Å². The van der Waals surface area contributed by atoms with E-state index in [1.807, 2.05) is 10.8 Å². The number of aromatic nitrogens is 2. The van der Waals surface area contributed by atoms with Gasteiger partial charge in [0.1, 0.15) is 0 Å². The summed E-state index contributed by atoms with van der Waals surface area (Å²) in [5.41, 5.74) is 0. The fraction of sp³-hybridized carbons (Fsp3) is 0.556. The molecule has 8 heteroatoms. The van der Waals surface area contributed by atoms with Gasteiger partial charge in [-0.1, -0.05) is 12.2 Å². The number of nitrogens with zero attached hydrogens (tertiary/aromatic N) is 4. The Kier molecular flexibility index (Phi) is 4.48. The first-order valence-corrected chi connectivity index (χ1v) is 9.13. The van der Waals surface area contributed by atoms with Crippen molar-refractivity contribution in [1.29, 1.82) is 0 Å². The maximum absolute atomic E-state index is 12.6.